The lowest BCUT2D eigenvalue weighted by Gasteiger charge is -2.28. The minimum absolute atomic E-state index is 0.00399. The lowest BCUT2D eigenvalue weighted by molar-refractivity contribution is -0.120. The van der Waals surface area contributed by atoms with Crippen LogP contribution in [0.25, 0.3) is 0 Å². The molecule has 0 saturated carbocycles. The van der Waals surface area contributed by atoms with Crippen LogP contribution in [0.4, 0.5) is 5.95 Å². The summed E-state index contributed by atoms with van der Waals surface area (Å²) in [7, 11) is 0. The zero-order valence-electron chi connectivity index (χ0n) is 14.4. The highest BCUT2D eigenvalue weighted by Crippen LogP contribution is 2.20. The van der Waals surface area contributed by atoms with Crippen molar-refractivity contribution in [3.63, 3.8) is 0 Å². The maximum Gasteiger partial charge on any atom is 0.239 e. The molecule has 3 rings (SSSR count). The Kier molecular flexibility index (Phi) is 5.43. The summed E-state index contributed by atoms with van der Waals surface area (Å²) in [5, 5.41) is 12.1. The van der Waals surface area contributed by atoms with Gasteiger partial charge in [0.1, 0.15) is 12.4 Å². The number of aromatic nitrogens is 3. The first kappa shape index (κ1) is 17.5. The maximum absolute atomic E-state index is 11.7. The fourth-order valence-electron chi connectivity index (χ4n) is 2.71. The van der Waals surface area contributed by atoms with E-state index in [1.54, 1.807) is 12.1 Å². The molecule has 0 radical (unpaired) electrons. The van der Waals surface area contributed by atoms with Gasteiger partial charge < -0.3 is 15.0 Å². The number of piperazine rings is 1. The Morgan fingerprint density at radius 3 is 2.72 bits per heavy atom. The minimum atomic E-state index is 0.00399. The standard InChI is InChI=1S/C17H22ClN5O2/c1-12(2)9-23-15(11-25-14-5-3-13(18)4-6-14)20-21-17(23)22-8-7-19-16(24)10-22/h3-6,12H,7-11H2,1-2H3,(H,19,24). The van der Waals surface area contributed by atoms with Gasteiger partial charge in [0, 0.05) is 24.7 Å². The summed E-state index contributed by atoms with van der Waals surface area (Å²) in [5.74, 6) is 2.61. The lowest BCUT2D eigenvalue weighted by atomic mass is 10.2. The molecule has 1 aliphatic rings. The van der Waals surface area contributed by atoms with Crippen LogP contribution < -0.4 is 15.0 Å². The molecule has 2 aromatic rings. The molecule has 1 saturated heterocycles. The van der Waals surface area contributed by atoms with Crippen molar-refractivity contribution in [2.45, 2.75) is 27.0 Å². The summed E-state index contributed by atoms with van der Waals surface area (Å²) in [6.45, 7) is 6.98. The maximum atomic E-state index is 11.7. The number of carbonyl (C=O) groups is 1. The second-order valence-corrected chi connectivity index (χ2v) is 6.87. The molecule has 2 heterocycles. The molecule has 0 atom stereocenters. The smallest absolute Gasteiger partial charge is 0.239 e. The van der Waals surface area contributed by atoms with Gasteiger partial charge in [-0.2, -0.15) is 0 Å². The number of anilines is 1. The first-order valence-corrected chi connectivity index (χ1v) is 8.73. The van der Waals surface area contributed by atoms with Gasteiger partial charge >= 0.3 is 0 Å². The highest BCUT2D eigenvalue weighted by atomic mass is 35.5. The van der Waals surface area contributed by atoms with Crippen molar-refractivity contribution in [2.75, 3.05) is 24.5 Å². The van der Waals surface area contributed by atoms with Gasteiger partial charge in [-0.3, -0.25) is 9.36 Å². The fraction of sp³-hybridized carbons (Fsp3) is 0.471. The first-order chi connectivity index (χ1) is 12.0. The van der Waals surface area contributed by atoms with Crippen LogP contribution in [0.5, 0.6) is 5.75 Å². The van der Waals surface area contributed by atoms with Crippen molar-refractivity contribution in [3.05, 3.63) is 35.1 Å². The predicted molar refractivity (Wildman–Crippen MR) is 95.9 cm³/mol. The van der Waals surface area contributed by atoms with Gasteiger partial charge in [0.25, 0.3) is 0 Å². The van der Waals surface area contributed by atoms with Crippen LogP contribution >= 0.6 is 11.6 Å². The third-order valence-corrected chi connectivity index (χ3v) is 4.11. The third-order valence-electron chi connectivity index (χ3n) is 3.86. The Bertz CT molecular complexity index is 729. The van der Waals surface area contributed by atoms with Gasteiger partial charge in [0.05, 0.1) is 6.54 Å². The summed E-state index contributed by atoms with van der Waals surface area (Å²) >= 11 is 5.89. The molecule has 8 heteroatoms. The molecule has 1 N–H and O–H groups in total. The van der Waals surface area contributed by atoms with Crippen molar-refractivity contribution in [2.24, 2.45) is 5.92 Å². The van der Waals surface area contributed by atoms with Crippen LogP contribution in [0.2, 0.25) is 5.02 Å². The normalized spacial score (nSPS) is 14.7. The van der Waals surface area contributed by atoms with Crippen molar-refractivity contribution in [1.82, 2.24) is 20.1 Å². The van der Waals surface area contributed by atoms with Crippen molar-refractivity contribution < 1.29 is 9.53 Å². The topological polar surface area (TPSA) is 72.3 Å². The zero-order valence-corrected chi connectivity index (χ0v) is 15.2. The molecule has 0 unspecified atom stereocenters. The molecule has 134 valence electrons. The highest BCUT2D eigenvalue weighted by Gasteiger charge is 2.23. The number of ether oxygens (including phenoxy) is 1. The Balaban J connectivity index is 1.78. The predicted octanol–water partition coefficient (Wildman–Crippen LogP) is 2.10. The van der Waals surface area contributed by atoms with E-state index in [0.717, 1.165) is 30.6 Å². The van der Waals surface area contributed by atoms with E-state index in [4.69, 9.17) is 16.3 Å². The van der Waals surface area contributed by atoms with Gasteiger partial charge in [0.15, 0.2) is 5.82 Å². The number of benzene rings is 1. The Hall–Kier alpha value is -2.28. The number of hydrogen-bond acceptors (Lipinski definition) is 5. The molecule has 7 nitrogen and oxygen atoms in total. The molecule has 25 heavy (non-hydrogen) atoms. The Morgan fingerprint density at radius 1 is 1.28 bits per heavy atom. The number of carbonyl (C=O) groups excluding carboxylic acids is 1. The van der Waals surface area contributed by atoms with E-state index in [2.05, 4.69) is 29.4 Å². The monoisotopic (exact) mass is 363 g/mol. The summed E-state index contributed by atoms with van der Waals surface area (Å²) in [4.78, 5) is 13.6. The Labute approximate surface area is 151 Å². The molecule has 1 fully saturated rings. The molecule has 1 aromatic heterocycles. The van der Waals surface area contributed by atoms with Gasteiger partial charge in [-0.05, 0) is 30.2 Å². The van der Waals surface area contributed by atoms with Crippen LogP contribution in [-0.2, 0) is 17.9 Å². The molecule has 1 aliphatic heterocycles. The van der Waals surface area contributed by atoms with Crippen molar-refractivity contribution in [3.8, 4) is 5.75 Å². The first-order valence-electron chi connectivity index (χ1n) is 8.35. The van der Waals surface area contributed by atoms with Gasteiger partial charge in [0.2, 0.25) is 11.9 Å². The molecule has 0 spiro atoms. The number of nitrogens with zero attached hydrogens (tertiary/aromatic N) is 4. The molecule has 0 aliphatic carbocycles. The summed E-state index contributed by atoms with van der Waals surface area (Å²) in [6.07, 6.45) is 0. The number of amides is 1. The average Bonchev–Trinajstić information content (AvgIpc) is 2.96. The van der Waals surface area contributed by atoms with Crippen LogP contribution in [0.15, 0.2) is 24.3 Å². The molecule has 1 aromatic carbocycles. The van der Waals surface area contributed by atoms with Crippen LogP contribution in [-0.4, -0.2) is 40.3 Å². The van der Waals surface area contributed by atoms with Gasteiger partial charge in [-0.15, -0.1) is 10.2 Å². The quantitative estimate of drug-likeness (QED) is 0.851. The van der Waals surface area contributed by atoms with E-state index in [9.17, 15) is 4.79 Å². The average molecular weight is 364 g/mol. The Morgan fingerprint density at radius 2 is 2.04 bits per heavy atom. The molecule has 0 bridgehead atoms. The van der Waals surface area contributed by atoms with E-state index >= 15 is 0 Å². The number of rotatable bonds is 6. The van der Waals surface area contributed by atoms with E-state index < -0.39 is 0 Å². The third kappa shape index (κ3) is 4.42. The van der Waals surface area contributed by atoms with Gasteiger partial charge in [-0.25, -0.2) is 0 Å². The lowest BCUT2D eigenvalue weighted by Crippen LogP contribution is -2.48. The molecular formula is C17H22ClN5O2. The van der Waals surface area contributed by atoms with E-state index in [1.807, 2.05) is 21.6 Å². The largest absolute Gasteiger partial charge is 0.486 e. The highest BCUT2D eigenvalue weighted by molar-refractivity contribution is 6.30. The van der Waals surface area contributed by atoms with E-state index in [1.165, 1.54) is 0 Å². The van der Waals surface area contributed by atoms with Crippen LogP contribution in [0.1, 0.15) is 19.7 Å². The van der Waals surface area contributed by atoms with Crippen LogP contribution in [0, 0.1) is 5.92 Å². The van der Waals surface area contributed by atoms with Gasteiger partial charge in [-0.1, -0.05) is 25.4 Å². The second kappa shape index (κ2) is 7.74. The summed E-state index contributed by atoms with van der Waals surface area (Å²) in [5.41, 5.74) is 0. The van der Waals surface area contributed by atoms with Crippen molar-refractivity contribution >= 4 is 23.5 Å². The number of halogens is 1. The van der Waals surface area contributed by atoms with E-state index in [-0.39, 0.29) is 5.91 Å². The minimum Gasteiger partial charge on any atom is -0.486 e. The molecule has 1 amide bonds. The molecular weight excluding hydrogens is 342 g/mol. The van der Waals surface area contributed by atoms with E-state index in [0.29, 0.717) is 30.6 Å². The van der Waals surface area contributed by atoms with Crippen molar-refractivity contribution in [1.29, 1.82) is 0 Å². The fourth-order valence-corrected chi connectivity index (χ4v) is 2.83. The number of hydrogen-bond donors (Lipinski definition) is 1. The van der Waals surface area contributed by atoms with Crippen LogP contribution in [0.3, 0.4) is 0 Å². The zero-order chi connectivity index (χ0) is 17.8. The SMILES string of the molecule is CC(C)Cn1c(COc2ccc(Cl)cc2)nnc1N1CCNC(=O)C1. The second-order valence-electron chi connectivity index (χ2n) is 6.43. The summed E-state index contributed by atoms with van der Waals surface area (Å²) < 4.78 is 7.85. The number of nitrogens with one attached hydrogen (secondary N) is 1. The summed E-state index contributed by atoms with van der Waals surface area (Å²) in [6, 6.07) is 7.21.